The van der Waals surface area contributed by atoms with Gasteiger partial charge in [0, 0.05) is 11.1 Å². The molecule has 0 saturated heterocycles. The van der Waals surface area contributed by atoms with Crippen LogP contribution in [0.5, 0.6) is 0 Å². The molecule has 3 rings (SSSR count). The van der Waals surface area contributed by atoms with E-state index in [-0.39, 0.29) is 5.41 Å². The Morgan fingerprint density at radius 3 is 2.83 bits per heavy atom. The minimum absolute atomic E-state index is 0.0777. The summed E-state index contributed by atoms with van der Waals surface area (Å²) in [4.78, 5) is 15.0. The van der Waals surface area contributed by atoms with E-state index in [0.717, 1.165) is 10.2 Å². The maximum absolute atomic E-state index is 5.84. The average molecular weight is 326 g/mol. The van der Waals surface area contributed by atoms with E-state index < -0.39 is 0 Å². The first-order chi connectivity index (χ1) is 10.9. The summed E-state index contributed by atoms with van der Waals surface area (Å²) in [6.45, 7) is 6.54. The Balaban J connectivity index is 1.89. The molecular formula is C16H18N6S. The Labute approximate surface area is 138 Å². The van der Waals surface area contributed by atoms with Crippen LogP contribution in [0.4, 0.5) is 11.5 Å². The fraction of sp³-hybridized carbons (Fsp3) is 0.250. The van der Waals surface area contributed by atoms with Crippen LogP contribution in [0.15, 0.2) is 35.8 Å². The molecule has 0 aromatic carbocycles. The number of nitrogen functional groups attached to an aromatic ring is 1. The molecule has 0 radical (unpaired) electrons. The zero-order valence-corrected chi connectivity index (χ0v) is 14.1. The molecule has 23 heavy (non-hydrogen) atoms. The zero-order valence-electron chi connectivity index (χ0n) is 13.2. The molecule has 0 unspecified atom stereocenters. The number of hydrogen-bond donors (Lipinski definition) is 2. The summed E-state index contributed by atoms with van der Waals surface area (Å²) in [6, 6.07) is 5.69. The monoisotopic (exact) mass is 326 g/mol. The molecule has 0 fully saturated rings. The van der Waals surface area contributed by atoms with Crippen LogP contribution in [0.1, 0.15) is 31.3 Å². The number of anilines is 2. The summed E-state index contributed by atoms with van der Waals surface area (Å²) in [5.41, 5.74) is 10.1. The Morgan fingerprint density at radius 2 is 2.09 bits per heavy atom. The maximum Gasteiger partial charge on any atom is 0.158 e. The number of nitrogens with zero attached hydrogens (tertiary/aromatic N) is 4. The van der Waals surface area contributed by atoms with Gasteiger partial charge >= 0.3 is 0 Å². The molecule has 118 valence electrons. The molecule has 0 aliphatic heterocycles. The first kappa shape index (κ1) is 15.4. The van der Waals surface area contributed by atoms with E-state index in [9.17, 15) is 0 Å². The van der Waals surface area contributed by atoms with Gasteiger partial charge in [-0.05, 0) is 23.6 Å². The third-order valence-electron chi connectivity index (χ3n) is 3.30. The van der Waals surface area contributed by atoms with Gasteiger partial charge in [-0.1, -0.05) is 20.8 Å². The lowest BCUT2D eigenvalue weighted by Crippen LogP contribution is -2.07. The van der Waals surface area contributed by atoms with Crippen molar-refractivity contribution in [3.8, 4) is 0 Å². The van der Waals surface area contributed by atoms with Gasteiger partial charge in [0.05, 0.1) is 17.3 Å². The number of thiophene rings is 1. The summed E-state index contributed by atoms with van der Waals surface area (Å²) in [6.07, 6.45) is 4.80. The number of nitrogens with two attached hydrogens (primary N) is 1. The zero-order chi connectivity index (χ0) is 16.4. The van der Waals surface area contributed by atoms with Gasteiger partial charge < -0.3 is 5.73 Å². The van der Waals surface area contributed by atoms with E-state index in [1.165, 1.54) is 11.2 Å². The van der Waals surface area contributed by atoms with Gasteiger partial charge in [-0.3, -0.25) is 10.4 Å². The Kier molecular flexibility index (Phi) is 3.96. The summed E-state index contributed by atoms with van der Waals surface area (Å²) in [5, 5.41) is 5.16. The lowest BCUT2D eigenvalue weighted by atomic mass is 9.94. The Hall–Kier alpha value is -2.54. The fourth-order valence-electron chi connectivity index (χ4n) is 2.01. The molecule has 3 N–H and O–H groups in total. The molecular weight excluding hydrogens is 308 g/mol. The van der Waals surface area contributed by atoms with Gasteiger partial charge in [0.1, 0.15) is 16.9 Å². The second-order valence-electron chi connectivity index (χ2n) is 6.15. The first-order valence-electron chi connectivity index (χ1n) is 7.20. The first-order valence-corrected chi connectivity index (χ1v) is 8.01. The second-order valence-corrected chi connectivity index (χ2v) is 7.18. The average Bonchev–Trinajstić information content (AvgIpc) is 2.94. The van der Waals surface area contributed by atoms with Gasteiger partial charge in [-0.2, -0.15) is 5.10 Å². The largest absolute Gasteiger partial charge is 0.397 e. The van der Waals surface area contributed by atoms with E-state index in [1.54, 1.807) is 35.9 Å². The number of hydrogen-bond acceptors (Lipinski definition) is 7. The maximum atomic E-state index is 5.84. The summed E-state index contributed by atoms with van der Waals surface area (Å²) < 4.78 is 0. The normalized spacial score (nSPS) is 12.1. The van der Waals surface area contributed by atoms with E-state index in [2.05, 4.69) is 52.3 Å². The van der Waals surface area contributed by atoms with Gasteiger partial charge in [-0.15, -0.1) is 11.3 Å². The van der Waals surface area contributed by atoms with Crippen molar-refractivity contribution >= 4 is 39.3 Å². The summed E-state index contributed by atoms with van der Waals surface area (Å²) in [5.74, 6) is 0.674. The topological polar surface area (TPSA) is 89.1 Å². The van der Waals surface area contributed by atoms with Crippen LogP contribution in [0.2, 0.25) is 0 Å². The minimum atomic E-state index is 0.0777. The number of nitrogens with one attached hydrogen (secondary N) is 1. The minimum Gasteiger partial charge on any atom is -0.397 e. The SMILES string of the molecule is CC(C)(C)c1cc2c(NN=Cc3ncccc3N)ncnc2s1. The van der Waals surface area contributed by atoms with Gasteiger partial charge in [0.25, 0.3) is 0 Å². The second kappa shape index (κ2) is 5.92. The van der Waals surface area contributed by atoms with Crippen molar-refractivity contribution in [3.63, 3.8) is 0 Å². The van der Waals surface area contributed by atoms with Crippen molar-refractivity contribution in [2.75, 3.05) is 11.2 Å². The third-order valence-corrected chi connectivity index (χ3v) is 4.77. The van der Waals surface area contributed by atoms with Gasteiger partial charge in [0.2, 0.25) is 0 Å². The molecule has 3 heterocycles. The number of fused-ring (bicyclic) bond motifs is 1. The van der Waals surface area contributed by atoms with Crippen LogP contribution in [-0.2, 0) is 5.41 Å². The molecule has 0 bridgehead atoms. The summed E-state index contributed by atoms with van der Waals surface area (Å²) >= 11 is 1.68. The highest BCUT2D eigenvalue weighted by molar-refractivity contribution is 7.18. The molecule has 0 aliphatic rings. The van der Waals surface area contributed by atoms with Crippen molar-refractivity contribution in [1.82, 2.24) is 15.0 Å². The highest BCUT2D eigenvalue weighted by atomic mass is 32.1. The lowest BCUT2D eigenvalue weighted by molar-refractivity contribution is 0.604. The molecule has 0 saturated carbocycles. The fourth-order valence-corrected chi connectivity index (χ4v) is 3.06. The van der Waals surface area contributed by atoms with Crippen LogP contribution in [0.25, 0.3) is 10.2 Å². The standard InChI is InChI=1S/C16H18N6S/c1-16(2,3)13-7-10-14(19-9-20-15(10)23-13)22-21-8-12-11(17)5-4-6-18-12/h4-9H,17H2,1-3H3,(H,19,20,22). The smallest absolute Gasteiger partial charge is 0.158 e. The molecule has 0 amide bonds. The molecule has 0 spiro atoms. The van der Waals surface area contributed by atoms with Crippen LogP contribution in [-0.4, -0.2) is 21.2 Å². The quantitative estimate of drug-likeness (QED) is 0.569. The van der Waals surface area contributed by atoms with Crippen molar-refractivity contribution < 1.29 is 0 Å². The van der Waals surface area contributed by atoms with Crippen LogP contribution in [0, 0.1) is 0 Å². The Bertz CT molecular complexity index is 862. The van der Waals surface area contributed by atoms with Crippen LogP contribution >= 0.6 is 11.3 Å². The number of hydrazone groups is 1. The highest BCUT2D eigenvalue weighted by Crippen LogP contribution is 2.35. The van der Waals surface area contributed by atoms with Crippen molar-refractivity contribution in [2.24, 2.45) is 5.10 Å². The van der Waals surface area contributed by atoms with Gasteiger partial charge in [-0.25, -0.2) is 9.97 Å². The van der Waals surface area contributed by atoms with E-state index in [1.807, 2.05) is 0 Å². The van der Waals surface area contributed by atoms with Crippen molar-refractivity contribution in [3.05, 3.63) is 41.3 Å². The highest BCUT2D eigenvalue weighted by Gasteiger charge is 2.18. The molecule has 0 aliphatic carbocycles. The number of pyridine rings is 1. The van der Waals surface area contributed by atoms with Crippen molar-refractivity contribution in [1.29, 1.82) is 0 Å². The van der Waals surface area contributed by atoms with Gasteiger partial charge in [0.15, 0.2) is 5.82 Å². The van der Waals surface area contributed by atoms with Crippen LogP contribution in [0.3, 0.4) is 0 Å². The van der Waals surface area contributed by atoms with E-state index >= 15 is 0 Å². The molecule has 3 aromatic heterocycles. The van der Waals surface area contributed by atoms with E-state index in [0.29, 0.717) is 17.2 Å². The van der Waals surface area contributed by atoms with Crippen molar-refractivity contribution in [2.45, 2.75) is 26.2 Å². The molecule has 0 atom stereocenters. The predicted molar refractivity (Wildman–Crippen MR) is 96.0 cm³/mol. The number of rotatable bonds is 3. The Morgan fingerprint density at radius 1 is 1.26 bits per heavy atom. The summed E-state index contributed by atoms with van der Waals surface area (Å²) in [7, 11) is 0. The van der Waals surface area contributed by atoms with Crippen LogP contribution < -0.4 is 11.2 Å². The third kappa shape index (κ3) is 3.29. The predicted octanol–water partition coefficient (Wildman–Crippen LogP) is 3.41. The lowest BCUT2D eigenvalue weighted by Gasteiger charge is -2.14. The number of aromatic nitrogens is 3. The molecule has 7 heteroatoms. The van der Waals surface area contributed by atoms with E-state index in [4.69, 9.17) is 5.73 Å². The molecule has 3 aromatic rings. The molecule has 6 nitrogen and oxygen atoms in total.